The van der Waals surface area contributed by atoms with Gasteiger partial charge in [-0.2, -0.15) is 0 Å². The van der Waals surface area contributed by atoms with E-state index in [4.69, 9.17) is 4.74 Å². The fourth-order valence-electron chi connectivity index (χ4n) is 2.20. The Morgan fingerprint density at radius 2 is 2.19 bits per heavy atom. The van der Waals surface area contributed by atoms with Crippen LogP contribution in [0.2, 0.25) is 0 Å². The van der Waals surface area contributed by atoms with Gasteiger partial charge in [0.25, 0.3) is 0 Å². The monoisotopic (exact) mass is 492 g/mol. The second kappa shape index (κ2) is 12.1. The number of nitrogens with zero attached hydrogens (tertiary/aromatic N) is 2. The summed E-state index contributed by atoms with van der Waals surface area (Å²) in [6, 6.07) is 6.14. The number of aliphatic imine (C=N–C) groups is 1. The van der Waals surface area contributed by atoms with Crippen LogP contribution >= 0.6 is 35.3 Å². The van der Waals surface area contributed by atoms with Crippen LogP contribution in [0.25, 0.3) is 0 Å². The quantitative estimate of drug-likeness (QED) is 0.335. The Balaban J connectivity index is 0.00000338. The van der Waals surface area contributed by atoms with Crippen LogP contribution < -0.4 is 15.4 Å². The van der Waals surface area contributed by atoms with E-state index >= 15 is 0 Å². The Labute approximate surface area is 175 Å². The summed E-state index contributed by atoms with van der Waals surface area (Å²) < 4.78 is 18.9. The molecular weight excluding hydrogens is 466 g/mol. The van der Waals surface area contributed by atoms with E-state index in [9.17, 15) is 4.39 Å². The second-order valence-corrected chi connectivity index (χ2v) is 6.70. The molecule has 0 amide bonds. The molecule has 0 saturated carbocycles. The molecule has 8 heteroatoms. The van der Waals surface area contributed by atoms with Gasteiger partial charge in [-0.3, -0.25) is 0 Å². The molecule has 0 fully saturated rings. The molecule has 5 nitrogen and oxygen atoms in total. The average Bonchev–Trinajstić information content (AvgIpc) is 2.98. The van der Waals surface area contributed by atoms with E-state index in [1.165, 1.54) is 12.1 Å². The largest absolute Gasteiger partial charge is 0.489 e. The van der Waals surface area contributed by atoms with Crippen LogP contribution in [0.1, 0.15) is 24.5 Å². The summed E-state index contributed by atoms with van der Waals surface area (Å²) in [6.45, 7) is 7.95. The van der Waals surface area contributed by atoms with Gasteiger partial charge >= 0.3 is 0 Å². The van der Waals surface area contributed by atoms with Gasteiger partial charge in [-0.25, -0.2) is 14.4 Å². The molecule has 144 valence electrons. The van der Waals surface area contributed by atoms with Gasteiger partial charge in [-0.15, -0.1) is 35.3 Å². The first-order valence-electron chi connectivity index (χ1n) is 8.42. The summed E-state index contributed by atoms with van der Waals surface area (Å²) in [5.74, 6) is 0.948. The number of hydrogen-bond acceptors (Lipinski definition) is 4. The van der Waals surface area contributed by atoms with Crippen LogP contribution in [0.4, 0.5) is 4.39 Å². The van der Waals surface area contributed by atoms with E-state index < -0.39 is 0 Å². The van der Waals surface area contributed by atoms with Crippen LogP contribution in [0.5, 0.6) is 5.75 Å². The van der Waals surface area contributed by atoms with Crippen LogP contribution in [-0.2, 0) is 6.42 Å². The van der Waals surface area contributed by atoms with Crippen molar-refractivity contribution in [2.75, 3.05) is 19.6 Å². The molecule has 0 bridgehead atoms. The molecule has 26 heavy (non-hydrogen) atoms. The third-order valence-electron chi connectivity index (χ3n) is 3.32. The van der Waals surface area contributed by atoms with Gasteiger partial charge < -0.3 is 15.4 Å². The van der Waals surface area contributed by atoms with Crippen molar-refractivity contribution in [2.24, 2.45) is 4.99 Å². The van der Waals surface area contributed by atoms with Crippen LogP contribution in [0, 0.1) is 12.7 Å². The maximum absolute atomic E-state index is 13.2. The molecule has 0 spiro atoms. The predicted octanol–water partition coefficient (Wildman–Crippen LogP) is 3.77. The summed E-state index contributed by atoms with van der Waals surface area (Å²) in [5.41, 5.74) is 1.09. The number of guanidine groups is 1. The molecule has 0 aliphatic carbocycles. The number of hydrogen-bond donors (Lipinski definition) is 2. The normalized spacial score (nSPS) is 12.2. The number of benzene rings is 1. The van der Waals surface area contributed by atoms with Gasteiger partial charge in [0.2, 0.25) is 0 Å². The fraction of sp³-hybridized carbons (Fsp3) is 0.444. The minimum Gasteiger partial charge on any atom is -0.489 e. The molecule has 0 saturated heterocycles. The second-order valence-electron chi connectivity index (χ2n) is 5.64. The highest BCUT2D eigenvalue weighted by molar-refractivity contribution is 14.0. The first kappa shape index (κ1) is 22.6. The van der Waals surface area contributed by atoms with Crippen molar-refractivity contribution in [1.82, 2.24) is 15.6 Å². The van der Waals surface area contributed by atoms with Crippen molar-refractivity contribution >= 4 is 41.3 Å². The van der Waals surface area contributed by atoms with Gasteiger partial charge in [-0.1, -0.05) is 6.07 Å². The number of ether oxygens (including phenoxy) is 1. The minimum atomic E-state index is -0.305. The lowest BCUT2D eigenvalue weighted by Gasteiger charge is -2.15. The number of thiazole rings is 1. The number of halogens is 2. The maximum Gasteiger partial charge on any atom is 0.191 e. The van der Waals surface area contributed by atoms with Crippen LogP contribution in [-0.4, -0.2) is 36.7 Å². The zero-order valence-electron chi connectivity index (χ0n) is 15.3. The number of rotatable bonds is 8. The number of aryl methyl sites for hydroxylation is 1. The Morgan fingerprint density at radius 1 is 1.38 bits per heavy atom. The molecule has 2 aromatic rings. The lowest BCUT2D eigenvalue weighted by Crippen LogP contribution is -2.39. The molecule has 0 aliphatic rings. The molecule has 1 atom stereocenters. The third kappa shape index (κ3) is 8.31. The Kier molecular flexibility index (Phi) is 10.5. The average molecular weight is 492 g/mol. The van der Waals surface area contributed by atoms with E-state index in [1.807, 2.05) is 20.8 Å². The molecule has 0 aliphatic heterocycles. The van der Waals surface area contributed by atoms with E-state index in [0.717, 1.165) is 36.2 Å². The highest BCUT2D eigenvalue weighted by atomic mass is 127. The summed E-state index contributed by atoms with van der Waals surface area (Å²) >= 11 is 1.66. The van der Waals surface area contributed by atoms with Crippen LogP contribution in [0.3, 0.4) is 0 Å². The third-order valence-corrected chi connectivity index (χ3v) is 4.15. The van der Waals surface area contributed by atoms with E-state index in [0.29, 0.717) is 12.3 Å². The van der Waals surface area contributed by atoms with E-state index in [1.54, 1.807) is 23.5 Å². The zero-order valence-corrected chi connectivity index (χ0v) is 18.4. The van der Waals surface area contributed by atoms with Crippen molar-refractivity contribution < 1.29 is 9.13 Å². The Morgan fingerprint density at radius 3 is 2.85 bits per heavy atom. The molecule has 1 aromatic heterocycles. The molecular formula is C18H26FIN4OS. The smallest absolute Gasteiger partial charge is 0.191 e. The fourth-order valence-corrected chi connectivity index (χ4v) is 2.85. The summed E-state index contributed by atoms with van der Waals surface area (Å²) in [6.07, 6.45) is 0.697. The van der Waals surface area contributed by atoms with E-state index in [-0.39, 0.29) is 35.9 Å². The summed E-state index contributed by atoms with van der Waals surface area (Å²) in [5, 5.41) is 9.66. The Hall–Kier alpha value is -1.42. The number of aromatic nitrogens is 1. The minimum absolute atomic E-state index is 0. The van der Waals surface area contributed by atoms with Crippen LogP contribution in [0.15, 0.2) is 34.6 Å². The highest BCUT2D eigenvalue weighted by Gasteiger charge is 2.06. The van der Waals surface area contributed by atoms with Crippen molar-refractivity contribution in [3.63, 3.8) is 0 Å². The van der Waals surface area contributed by atoms with Gasteiger partial charge in [0.1, 0.15) is 17.7 Å². The van der Waals surface area contributed by atoms with Crippen molar-refractivity contribution in [3.05, 3.63) is 46.2 Å². The standard InChI is InChI=1S/C18H25FN4OS.HI/c1-4-20-18(21-9-8-16-12-25-14(3)23-16)22-11-13(2)24-17-7-5-6-15(19)10-17;/h5-7,10,12-13H,4,8-9,11H2,1-3H3,(H2,20,21,22);1H. The van der Waals surface area contributed by atoms with Gasteiger partial charge in [0.15, 0.2) is 5.96 Å². The summed E-state index contributed by atoms with van der Waals surface area (Å²) in [7, 11) is 0. The SMILES string of the molecule is CCNC(=NCC(C)Oc1cccc(F)c1)NCCc1csc(C)n1.I. The Bertz CT molecular complexity index is 695. The lowest BCUT2D eigenvalue weighted by molar-refractivity contribution is 0.229. The molecule has 0 radical (unpaired) electrons. The van der Waals surface area contributed by atoms with Crippen molar-refractivity contribution in [1.29, 1.82) is 0 Å². The van der Waals surface area contributed by atoms with Gasteiger partial charge in [0.05, 0.1) is 17.2 Å². The molecule has 1 heterocycles. The predicted molar refractivity (Wildman–Crippen MR) is 116 cm³/mol. The molecule has 1 aromatic carbocycles. The first-order valence-corrected chi connectivity index (χ1v) is 9.30. The van der Waals surface area contributed by atoms with E-state index in [2.05, 4.69) is 26.0 Å². The molecule has 2 N–H and O–H groups in total. The number of nitrogens with one attached hydrogen (secondary N) is 2. The highest BCUT2D eigenvalue weighted by Crippen LogP contribution is 2.13. The lowest BCUT2D eigenvalue weighted by atomic mass is 10.3. The maximum atomic E-state index is 13.2. The summed E-state index contributed by atoms with van der Waals surface area (Å²) in [4.78, 5) is 8.98. The van der Waals surface area contributed by atoms with Gasteiger partial charge in [-0.05, 0) is 32.9 Å². The molecule has 2 rings (SSSR count). The van der Waals surface area contributed by atoms with Gasteiger partial charge in [0, 0.05) is 31.0 Å². The van der Waals surface area contributed by atoms with Crippen molar-refractivity contribution in [3.8, 4) is 5.75 Å². The zero-order chi connectivity index (χ0) is 18.1. The topological polar surface area (TPSA) is 58.5 Å². The first-order chi connectivity index (χ1) is 12.1. The van der Waals surface area contributed by atoms with Crippen molar-refractivity contribution in [2.45, 2.75) is 33.3 Å². The molecule has 1 unspecified atom stereocenters.